The number of hydrogen-bond donors (Lipinski definition) is 2. The van der Waals surface area contributed by atoms with Crippen molar-refractivity contribution in [2.75, 3.05) is 6.61 Å². The molecule has 5 nitrogen and oxygen atoms in total. The smallest absolute Gasteiger partial charge is 0.482 e. The largest absolute Gasteiger partial charge is 0.491 e. The molecule has 0 saturated heterocycles. The summed E-state index contributed by atoms with van der Waals surface area (Å²) in [5, 5.41) is 17.8. The van der Waals surface area contributed by atoms with Crippen LogP contribution < -0.4 is 10.2 Å². The van der Waals surface area contributed by atoms with Crippen LogP contribution in [-0.2, 0) is 16.1 Å². The van der Waals surface area contributed by atoms with Crippen molar-refractivity contribution in [2.45, 2.75) is 34.3 Å². The molecule has 1 heterocycles. The summed E-state index contributed by atoms with van der Waals surface area (Å²) >= 11 is 0. The van der Waals surface area contributed by atoms with Crippen molar-refractivity contribution < 1.29 is 24.3 Å². The van der Waals surface area contributed by atoms with Crippen LogP contribution in [0.15, 0.2) is 18.2 Å². The van der Waals surface area contributed by atoms with Crippen LogP contribution >= 0.6 is 0 Å². The molecule has 1 aliphatic heterocycles. The number of carbonyl (C=O) groups is 1. The average molecular weight is 268 g/mol. The standard InChI is InChI=1S/C9H9BO5.2C2H6/c11-9(12)5-14-7-1-2-8-6(3-7)4-15-10(8)13;2*1-2/h1-3,13H,4-5H2,(H,11,12);2*1-2H3. The fourth-order valence-electron chi connectivity index (χ4n) is 1.44. The summed E-state index contributed by atoms with van der Waals surface area (Å²) in [4.78, 5) is 10.3. The zero-order valence-electron chi connectivity index (χ0n) is 11.8. The molecule has 106 valence electrons. The van der Waals surface area contributed by atoms with E-state index in [1.165, 1.54) is 0 Å². The molecule has 0 fully saturated rings. The SMILES string of the molecule is CC.CC.O=C(O)COc1ccc2c(c1)COB2O. The van der Waals surface area contributed by atoms with E-state index in [1.807, 2.05) is 27.7 Å². The molecule has 1 aliphatic rings. The van der Waals surface area contributed by atoms with Gasteiger partial charge in [0.1, 0.15) is 5.75 Å². The van der Waals surface area contributed by atoms with Crippen molar-refractivity contribution >= 4 is 18.6 Å². The molecule has 0 aromatic heterocycles. The van der Waals surface area contributed by atoms with Gasteiger partial charge < -0.3 is 19.5 Å². The first-order valence-corrected chi connectivity index (χ1v) is 6.44. The molecule has 2 rings (SSSR count). The van der Waals surface area contributed by atoms with Crippen LogP contribution in [0.5, 0.6) is 5.75 Å². The van der Waals surface area contributed by atoms with Gasteiger partial charge in [0.25, 0.3) is 0 Å². The highest BCUT2D eigenvalue weighted by Gasteiger charge is 2.27. The van der Waals surface area contributed by atoms with Crippen LogP contribution in [0.4, 0.5) is 0 Å². The molecule has 0 radical (unpaired) electrons. The molecule has 0 unspecified atom stereocenters. The normalized spacial score (nSPS) is 11.5. The molecule has 1 aromatic carbocycles. The van der Waals surface area contributed by atoms with Gasteiger partial charge in [-0.3, -0.25) is 0 Å². The summed E-state index contributed by atoms with van der Waals surface area (Å²) in [5.74, 6) is -0.555. The van der Waals surface area contributed by atoms with E-state index in [2.05, 4.69) is 0 Å². The lowest BCUT2D eigenvalue weighted by Gasteiger charge is -2.04. The summed E-state index contributed by atoms with van der Waals surface area (Å²) in [6.07, 6.45) is 0. The first-order valence-electron chi connectivity index (χ1n) is 6.44. The van der Waals surface area contributed by atoms with Crippen molar-refractivity contribution in [1.29, 1.82) is 0 Å². The van der Waals surface area contributed by atoms with Crippen LogP contribution in [0.3, 0.4) is 0 Å². The maximum atomic E-state index is 10.3. The topological polar surface area (TPSA) is 76.0 Å². The Morgan fingerprint density at radius 2 is 2.00 bits per heavy atom. The Hall–Kier alpha value is -1.53. The predicted molar refractivity (Wildman–Crippen MR) is 74.7 cm³/mol. The molecule has 0 spiro atoms. The second-order valence-corrected chi connectivity index (χ2v) is 3.21. The summed E-state index contributed by atoms with van der Waals surface area (Å²) in [6, 6.07) is 4.96. The van der Waals surface area contributed by atoms with Gasteiger partial charge in [-0.2, -0.15) is 0 Å². The third kappa shape index (κ3) is 5.32. The zero-order chi connectivity index (χ0) is 14.8. The molecule has 0 atom stereocenters. The molecule has 0 amide bonds. The summed E-state index contributed by atoms with van der Waals surface area (Å²) < 4.78 is 9.98. The fourth-order valence-corrected chi connectivity index (χ4v) is 1.44. The second-order valence-electron chi connectivity index (χ2n) is 3.21. The van der Waals surface area contributed by atoms with Crippen LogP contribution in [0, 0.1) is 0 Å². The van der Waals surface area contributed by atoms with Gasteiger partial charge >= 0.3 is 13.1 Å². The van der Waals surface area contributed by atoms with Crippen LogP contribution in [-0.4, -0.2) is 29.8 Å². The van der Waals surface area contributed by atoms with Gasteiger partial charge in [0.05, 0.1) is 6.61 Å². The highest BCUT2D eigenvalue weighted by molar-refractivity contribution is 6.61. The van der Waals surface area contributed by atoms with E-state index in [1.54, 1.807) is 18.2 Å². The number of carboxylic acids is 1. The lowest BCUT2D eigenvalue weighted by molar-refractivity contribution is -0.139. The van der Waals surface area contributed by atoms with Crippen LogP contribution in [0.25, 0.3) is 0 Å². The molecule has 2 N–H and O–H groups in total. The summed E-state index contributed by atoms with van der Waals surface area (Å²) in [5.41, 5.74) is 1.53. The Balaban J connectivity index is 0.000000741. The first kappa shape index (κ1) is 17.5. The van der Waals surface area contributed by atoms with Gasteiger partial charge in [-0.05, 0) is 23.2 Å². The molecule has 1 aromatic rings. The second kappa shape index (κ2) is 9.41. The highest BCUT2D eigenvalue weighted by Crippen LogP contribution is 2.17. The van der Waals surface area contributed by atoms with Crippen molar-refractivity contribution in [3.8, 4) is 5.75 Å². The highest BCUT2D eigenvalue weighted by atomic mass is 16.5. The van der Waals surface area contributed by atoms with Crippen molar-refractivity contribution in [3.05, 3.63) is 23.8 Å². The van der Waals surface area contributed by atoms with Gasteiger partial charge in [0, 0.05) is 0 Å². The number of benzene rings is 1. The van der Waals surface area contributed by atoms with E-state index in [-0.39, 0.29) is 6.61 Å². The van der Waals surface area contributed by atoms with E-state index >= 15 is 0 Å². The lowest BCUT2D eigenvalue weighted by atomic mass is 9.80. The van der Waals surface area contributed by atoms with Gasteiger partial charge in [-0.15, -0.1) is 0 Å². The van der Waals surface area contributed by atoms with E-state index < -0.39 is 13.1 Å². The van der Waals surface area contributed by atoms with Gasteiger partial charge in [0.2, 0.25) is 0 Å². The van der Waals surface area contributed by atoms with E-state index in [0.29, 0.717) is 17.8 Å². The molecular weight excluding hydrogens is 247 g/mol. The third-order valence-corrected chi connectivity index (χ3v) is 2.14. The van der Waals surface area contributed by atoms with Gasteiger partial charge in [-0.1, -0.05) is 33.8 Å². The Kier molecular flexibility index (Phi) is 8.66. The van der Waals surface area contributed by atoms with Crippen LogP contribution in [0.2, 0.25) is 0 Å². The lowest BCUT2D eigenvalue weighted by Crippen LogP contribution is -2.27. The van der Waals surface area contributed by atoms with Gasteiger partial charge in [-0.25, -0.2) is 4.79 Å². The molecule has 19 heavy (non-hydrogen) atoms. The minimum atomic E-state index is -1.02. The van der Waals surface area contributed by atoms with Crippen molar-refractivity contribution in [1.82, 2.24) is 0 Å². The van der Waals surface area contributed by atoms with E-state index in [4.69, 9.17) is 14.5 Å². The Morgan fingerprint density at radius 3 is 2.58 bits per heavy atom. The minimum Gasteiger partial charge on any atom is -0.482 e. The number of hydrogen-bond acceptors (Lipinski definition) is 4. The average Bonchev–Trinajstić information content (AvgIpc) is 2.82. The predicted octanol–water partition coefficient (Wildman–Crippen LogP) is 1.42. The van der Waals surface area contributed by atoms with Crippen molar-refractivity contribution in [2.24, 2.45) is 0 Å². The Morgan fingerprint density at radius 1 is 1.37 bits per heavy atom. The maximum absolute atomic E-state index is 10.3. The molecule has 0 saturated carbocycles. The number of rotatable bonds is 3. The molecule has 0 aliphatic carbocycles. The number of carboxylic acid groups (broad SMARTS) is 1. The first-order chi connectivity index (χ1) is 9.16. The van der Waals surface area contributed by atoms with Crippen LogP contribution in [0.1, 0.15) is 33.3 Å². The fraction of sp³-hybridized carbons (Fsp3) is 0.462. The summed E-state index contributed by atoms with van der Waals surface area (Å²) in [6.45, 7) is 7.95. The maximum Gasteiger partial charge on any atom is 0.491 e. The number of ether oxygens (including phenoxy) is 1. The monoisotopic (exact) mass is 268 g/mol. The summed E-state index contributed by atoms with van der Waals surface area (Å²) in [7, 11) is -0.881. The molecular formula is C13H21BO5. The number of fused-ring (bicyclic) bond motifs is 1. The Labute approximate surface area is 114 Å². The zero-order valence-corrected chi connectivity index (χ0v) is 11.8. The van der Waals surface area contributed by atoms with Crippen molar-refractivity contribution in [3.63, 3.8) is 0 Å². The van der Waals surface area contributed by atoms with Gasteiger partial charge in [0.15, 0.2) is 6.61 Å². The molecule has 0 bridgehead atoms. The number of aliphatic carboxylic acids is 1. The third-order valence-electron chi connectivity index (χ3n) is 2.14. The molecule has 6 heteroatoms. The quantitative estimate of drug-likeness (QED) is 0.811. The Bertz CT molecular complexity index is 395. The van der Waals surface area contributed by atoms with E-state index in [9.17, 15) is 9.82 Å². The minimum absolute atomic E-state index is 0.320. The van der Waals surface area contributed by atoms with E-state index in [0.717, 1.165) is 5.56 Å².